The fourth-order valence-electron chi connectivity index (χ4n) is 2.00. The van der Waals surface area contributed by atoms with Crippen molar-refractivity contribution in [2.24, 2.45) is 5.92 Å². The molecular weight excluding hydrogens is 230 g/mol. The van der Waals surface area contributed by atoms with E-state index < -0.39 is 0 Å². The van der Waals surface area contributed by atoms with E-state index in [0.29, 0.717) is 11.4 Å². The monoisotopic (exact) mass is 247 g/mol. The van der Waals surface area contributed by atoms with Gasteiger partial charge in [0, 0.05) is 24.8 Å². The Kier molecular flexibility index (Phi) is 3.94. The highest BCUT2D eigenvalue weighted by Gasteiger charge is 2.22. The second kappa shape index (κ2) is 5.64. The van der Waals surface area contributed by atoms with Gasteiger partial charge >= 0.3 is 0 Å². The summed E-state index contributed by atoms with van der Waals surface area (Å²) in [5.74, 6) is -0.0622. The summed E-state index contributed by atoms with van der Waals surface area (Å²) in [6.45, 7) is 3.08. The van der Waals surface area contributed by atoms with E-state index in [4.69, 9.17) is 0 Å². The number of hydrogen-bond donors (Lipinski definition) is 3. The molecule has 1 aromatic rings. The molecule has 3 N–H and O–H groups in total. The van der Waals surface area contributed by atoms with Gasteiger partial charge in [-0.3, -0.25) is 9.59 Å². The maximum atomic E-state index is 11.9. The average molecular weight is 247 g/mol. The van der Waals surface area contributed by atoms with Crippen molar-refractivity contribution in [3.8, 4) is 0 Å². The molecule has 1 heterocycles. The molecule has 0 aromatic heterocycles. The number of anilines is 2. The molecule has 0 bridgehead atoms. The van der Waals surface area contributed by atoms with Crippen LogP contribution in [0.15, 0.2) is 24.3 Å². The SMILES string of the molecule is CC(=O)Nc1cccc(NC(=O)C2CCNC2)c1. The molecule has 0 radical (unpaired) electrons. The topological polar surface area (TPSA) is 70.2 Å². The van der Waals surface area contributed by atoms with Crippen LogP contribution in [0.3, 0.4) is 0 Å². The van der Waals surface area contributed by atoms with Gasteiger partial charge in [-0.05, 0) is 31.2 Å². The molecule has 0 spiro atoms. The Morgan fingerprint density at radius 1 is 1.28 bits per heavy atom. The fourth-order valence-corrected chi connectivity index (χ4v) is 2.00. The number of benzene rings is 1. The summed E-state index contributed by atoms with van der Waals surface area (Å²) in [6.07, 6.45) is 0.872. The average Bonchev–Trinajstić information content (AvgIpc) is 2.81. The van der Waals surface area contributed by atoms with Gasteiger partial charge in [0.15, 0.2) is 0 Å². The summed E-state index contributed by atoms with van der Waals surface area (Å²) < 4.78 is 0. The van der Waals surface area contributed by atoms with Crippen molar-refractivity contribution in [2.45, 2.75) is 13.3 Å². The molecule has 0 aliphatic carbocycles. The molecule has 5 heteroatoms. The van der Waals surface area contributed by atoms with E-state index in [1.54, 1.807) is 18.2 Å². The van der Waals surface area contributed by atoms with Crippen LogP contribution in [0.5, 0.6) is 0 Å². The van der Waals surface area contributed by atoms with E-state index in [1.165, 1.54) is 6.92 Å². The first kappa shape index (κ1) is 12.6. The van der Waals surface area contributed by atoms with Crippen molar-refractivity contribution in [1.82, 2.24) is 5.32 Å². The van der Waals surface area contributed by atoms with Crippen LogP contribution in [-0.4, -0.2) is 24.9 Å². The molecule has 0 saturated carbocycles. The van der Waals surface area contributed by atoms with E-state index in [9.17, 15) is 9.59 Å². The molecule has 1 unspecified atom stereocenters. The van der Waals surface area contributed by atoms with Crippen molar-refractivity contribution in [3.05, 3.63) is 24.3 Å². The van der Waals surface area contributed by atoms with Gasteiger partial charge < -0.3 is 16.0 Å². The largest absolute Gasteiger partial charge is 0.326 e. The van der Waals surface area contributed by atoms with Gasteiger partial charge in [-0.1, -0.05) is 6.07 Å². The van der Waals surface area contributed by atoms with Crippen LogP contribution in [0.2, 0.25) is 0 Å². The Hall–Kier alpha value is -1.88. The van der Waals surface area contributed by atoms with Crippen molar-refractivity contribution in [3.63, 3.8) is 0 Å². The highest BCUT2D eigenvalue weighted by Crippen LogP contribution is 2.17. The van der Waals surface area contributed by atoms with Gasteiger partial charge in [-0.2, -0.15) is 0 Å². The third-order valence-corrected chi connectivity index (χ3v) is 2.88. The molecule has 1 aliphatic heterocycles. The second-order valence-electron chi connectivity index (χ2n) is 4.44. The predicted octanol–water partition coefficient (Wildman–Crippen LogP) is 1.19. The molecule has 5 nitrogen and oxygen atoms in total. The van der Waals surface area contributed by atoms with Gasteiger partial charge in [0.2, 0.25) is 11.8 Å². The number of carbonyl (C=O) groups is 2. The number of rotatable bonds is 3. The molecule has 1 saturated heterocycles. The highest BCUT2D eigenvalue weighted by atomic mass is 16.2. The van der Waals surface area contributed by atoms with E-state index in [2.05, 4.69) is 16.0 Å². The predicted molar refractivity (Wildman–Crippen MR) is 70.4 cm³/mol. The molecule has 1 aromatic carbocycles. The van der Waals surface area contributed by atoms with Gasteiger partial charge in [0.25, 0.3) is 0 Å². The first-order chi connectivity index (χ1) is 8.65. The third kappa shape index (κ3) is 3.30. The lowest BCUT2D eigenvalue weighted by atomic mass is 10.1. The summed E-state index contributed by atoms with van der Waals surface area (Å²) in [5.41, 5.74) is 1.39. The summed E-state index contributed by atoms with van der Waals surface area (Å²) >= 11 is 0. The summed E-state index contributed by atoms with van der Waals surface area (Å²) in [4.78, 5) is 22.9. The van der Waals surface area contributed by atoms with Crippen LogP contribution >= 0.6 is 0 Å². The minimum Gasteiger partial charge on any atom is -0.326 e. The lowest BCUT2D eigenvalue weighted by Crippen LogP contribution is -2.24. The minimum atomic E-state index is -0.126. The van der Waals surface area contributed by atoms with E-state index in [0.717, 1.165) is 19.5 Å². The first-order valence-electron chi connectivity index (χ1n) is 6.04. The van der Waals surface area contributed by atoms with Crippen LogP contribution in [0.4, 0.5) is 11.4 Å². The summed E-state index contributed by atoms with van der Waals surface area (Å²) in [7, 11) is 0. The molecule has 18 heavy (non-hydrogen) atoms. The second-order valence-corrected chi connectivity index (χ2v) is 4.44. The number of amides is 2. The molecule has 2 amide bonds. The van der Waals surface area contributed by atoms with Crippen molar-refractivity contribution < 1.29 is 9.59 Å². The third-order valence-electron chi connectivity index (χ3n) is 2.88. The Bertz CT molecular complexity index is 453. The van der Waals surface area contributed by atoms with Gasteiger partial charge in [-0.15, -0.1) is 0 Å². The first-order valence-corrected chi connectivity index (χ1v) is 6.04. The standard InChI is InChI=1S/C13H17N3O2/c1-9(17)15-11-3-2-4-12(7-11)16-13(18)10-5-6-14-8-10/h2-4,7,10,14H,5-6,8H2,1H3,(H,15,17)(H,16,18). The van der Waals surface area contributed by atoms with Crippen LogP contribution in [-0.2, 0) is 9.59 Å². The van der Waals surface area contributed by atoms with Crippen molar-refractivity contribution in [1.29, 1.82) is 0 Å². The van der Waals surface area contributed by atoms with Gasteiger partial charge in [-0.25, -0.2) is 0 Å². The number of carbonyl (C=O) groups excluding carboxylic acids is 2. The maximum Gasteiger partial charge on any atom is 0.228 e. The summed E-state index contributed by atoms with van der Waals surface area (Å²) in [6, 6.07) is 7.15. The quantitative estimate of drug-likeness (QED) is 0.751. The maximum absolute atomic E-state index is 11.9. The zero-order valence-electron chi connectivity index (χ0n) is 10.3. The Balaban J connectivity index is 2.00. The number of hydrogen-bond acceptors (Lipinski definition) is 3. The van der Waals surface area contributed by atoms with Crippen LogP contribution in [0.25, 0.3) is 0 Å². The zero-order chi connectivity index (χ0) is 13.0. The van der Waals surface area contributed by atoms with E-state index >= 15 is 0 Å². The molecule has 1 atom stereocenters. The lowest BCUT2D eigenvalue weighted by Gasteiger charge is -2.11. The van der Waals surface area contributed by atoms with Gasteiger partial charge in [0.1, 0.15) is 0 Å². The smallest absolute Gasteiger partial charge is 0.228 e. The Labute approximate surface area is 106 Å². The Morgan fingerprint density at radius 2 is 2.00 bits per heavy atom. The van der Waals surface area contributed by atoms with Gasteiger partial charge in [0.05, 0.1) is 5.92 Å². The normalized spacial score (nSPS) is 18.4. The van der Waals surface area contributed by atoms with Crippen LogP contribution in [0.1, 0.15) is 13.3 Å². The Morgan fingerprint density at radius 3 is 2.61 bits per heavy atom. The molecule has 96 valence electrons. The number of nitrogens with one attached hydrogen (secondary N) is 3. The molecule has 2 rings (SSSR count). The zero-order valence-corrected chi connectivity index (χ0v) is 10.3. The van der Waals surface area contributed by atoms with Crippen LogP contribution < -0.4 is 16.0 Å². The molecular formula is C13H17N3O2. The fraction of sp³-hybridized carbons (Fsp3) is 0.385. The van der Waals surface area contributed by atoms with Crippen LogP contribution in [0, 0.1) is 5.92 Å². The molecule has 1 aliphatic rings. The molecule has 1 fully saturated rings. The van der Waals surface area contributed by atoms with E-state index in [1.807, 2.05) is 6.07 Å². The van der Waals surface area contributed by atoms with Crippen molar-refractivity contribution >= 4 is 23.2 Å². The lowest BCUT2D eigenvalue weighted by molar-refractivity contribution is -0.119. The minimum absolute atomic E-state index is 0.0278. The van der Waals surface area contributed by atoms with E-state index in [-0.39, 0.29) is 17.7 Å². The summed E-state index contributed by atoms with van der Waals surface area (Å²) in [5, 5.41) is 8.71. The van der Waals surface area contributed by atoms with Crippen molar-refractivity contribution in [2.75, 3.05) is 23.7 Å². The highest BCUT2D eigenvalue weighted by molar-refractivity contribution is 5.94.